The third kappa shape index (κ3) is 2.63. The summed E-state index contributed by atoms with van der Waals surface area (Å²) in [6.07, 6.45) is 0. The van der Waals surface area contributed by atoms with Crippen molar-refractivity contribution < 1.29 is 24.2 Å². The van der Waals surface area contributed by atoms with Gasteiger partial charge in [-0.3, -0.25) is 0 Å². The molecular formula is C17H13NO6. The molecule has 0 atom stereocenters. The van der Waals surface area contributed by atoms with Gasteiger partial charge in [0.05, 0.1) is 12.8 Å². The van der Waals surface area contributed by atoms with Crippen molar-refractivity contribution in [2.24, 2.45) is 0 Å². The van der Waals surface area contributed by atoms with Gasteiger partial charge in [0.15, 0.2) is 0 Å². The van der Waals surface area contributed by atoms with Crippen LogP contribution in [0.3, 0.4) is 0 Å². The minimum atomic E-state index is -0.808. The molecule has 0 unspecified atom stereocenters. The summed E-state index contributed by atoms with van der Waals surface area (Å²) in [6.45, 7) is 0. The average molecular weight is 327 g/mol. The number of benzene rings is 2. The van der Waals surface area contributed by atoms with Crippen LogP contribution >= 0.6 is 0 Å². The lowest BCUT2D eigenvalue weighted by molar-refractivity contribution is 0.0603. The van der Waals surface area contributed by atoms with E-state index in [1.165, 1.54) is 37.4 Å². The monoisotopic (exact) mass is 327 g/mol. The van der Waals surface area contributed by atoms with E-state index < -0.39 is 11.6 Å². The molecular weight excluding hydrogens is 314 g/mol. The molecule has 7 heteroatoms. The van der Waals surface area contributed by atoms with Gasteiger partial charge in [0.1, 0.15) is 28.3 Å². The lowest BCUT2D eigenvalue weighted by Crippen LogP contribution is -2.15. The summed E-state index contributed by atoms with van der Waals surface area (Å²) in [7, 11) is 1.18. The zero-order chi connectivity index (χ0) is 17.3. The van der Waals surface area contributed by atoms with Crippen molar-refractivity contribution in [2.75, 3.05) is 12.4 Å². The number of hydrogen-bond donors (Lipinski definition) is 3. The first-order chi connectivity index (χ1) is 11.5. The van der Waals surface area contributed by atoms with Crippen molar-refractivity contribution in [3.05, 3.63) is 58.4 Å². The summed E-state index contributed by atoms with van der Waals surface area (Å²) >= 11 is 0. The molecule has 0 amide bonds. The van der Waals surface area contributed by atoms with Gasteiger partial charge in [-0.1, -0.05) is 12.1 Å². The van der Waals surface area contributed by atoms with E-state index in [1.54, 1.807) is 12.1 Å². The molecule has 0 radical (unpaired) electrons. The highest BCUT2D eigenvalue weighted by atomic mass is 16.5. The maximum absolute atomic E-state index is 12.3. The number of para-hydroxylation sites is 2. The first-order valence-corrected chi connectivity index (χ1v) is 6.94. The molecule has 3 N–H and O–H groups in total. The molecule has 0 fully saturated rings. The van der Waals surface area contributed by atoms with Gasteiger partial charge in [0, 0.05) is 5.39 Å². The second-order valence-electron chi connectivity index (χ2n) is 4.95. The molecule has 0 aliphatic rings. The number of methoxy groups -OCH3 is 1. The lowest BCUT2D eigenvalue weighted by atomic mass is 10.1. The highest BCUT2D eigenvalue weighted by Gasteiger charge is 2.22. The molecule has 0 aliphatic carbocycles. The van der Waals surface area contributed by atoms with Crippen LogP contribution in [-0.2, 0) is 4.74 Å². The van der Waals surface area contributed by atoms with Crippen LogP contribution in [0.5, 0.6) is 11.5 Å². The number of esters is 1. The van der Waals surface area contributed by atoms with Crippen molar-refractivity contribution in [1.29, 1.82) is 0 Å². The third-order valence-corrected chi connectivity index (χ3v) is 3.44. The molecule has 0 saturated carbocycles. The molecule has 24 heavy (non-hydrogen) atoms. The SMILES string of the molecule is COC(=O)c1c(Nc2ccccc2O)c(=O)oc2ccc(O)cc12. The molecule has 0 aliphatic heterocycles. The number of rotatable bonds is 3. The molecule has 0 saturated heterocycles. The van der Waals surface area contributed by atoms with Crippen molar-refractivity contribution in [3.8, 4) is 11.5 Å². The van der Waals surface area contributed by atoms with Crippen molar-refractivity contribution >= 4 is 28.3 Å². The average Bonchev–Trinajstić information content (AvgIpc) is 2.57. The fourth-order valence-electron chi connectivity index (χ4n) is 2.33. The summed E-state index contributed by atoms with van der Waals surface area (Å²) in [5.41, 5.74) is -0.753. The largest absolute Gasteiger partial charge is 0.508 e. The molecule has 3 rings (SSSR count). The first kappa shape index (κ1) is 15.4. The number of anilines is 2. The number of phenols is 2. The Morgan fingerprint density at radius 2 is 1.92 bits per heavy atom. The maximum Gasteiger partial charge on any atom is 0.361 e. The van der Waals surface area contributed by atoms with Crippen LogP contribution in [0, 0.1) is 0 Å². The highest BCUT2D eigenvalue weighted by molar-refractivity contribution is 6.08. The lowest BCUT2D eigenvalue weighted by Gasteiger charge is -2.12. The summed E-state index contributed by atoms with van der Waals surface area (Å²) in [6, 6.07) is 10.2. The Kier molecular flexibility index (Phi) is 3.83. The molecule has 1 aromatic heterocycles. The van der Waals surface area contributed by atoms with Crippen molar-refractivity contribution in [3.63, 3.8) is 0 Å². The molecule has 122 valence electrons. The number of aromatic hydroxyl groups is 2. The molecule has 3 aromatic rings. The maximum atomic E-state index is 12.3. The molecule has 0 bridgehead atoms. The van der Waals surface area contributed by atoms with E-state index >= 15 is 0 Å². The number of carbonyl (C=O) groups excluding carboxylic acids is 1. The first-order valence-electron chi connectivity index (χ1n) is 6.94. The Morgan fingerprint density at radius 3 is 2.62 bits per heavy atom. The number of phenolic OH excluding ortho intramolecular Hbond substituents is 2. The molecule has 1 heterocycles. The quantitative estimate of drug-likeness (QED) is 0.385. The standard InChI is InChI=1S/C17H13NO6/c1-23-16(21)14-10-8-9(19)6-7-13(10)24-17(22)15(14)18-11-4-2-3-5-12(11)20/h2-8,18-20H,1H3. The zero-order valence-electron chi connectivity index (χ0n) is 12.6. The van der Waals surface area contributed by atoms with E-state index in [1.807, 2.05) is 0 Å². The Hall–Kier alpha value is -3.48. The van der Waals surface area contributed by atoms with Crippen LogP contribution in [-0.4, -0.2) is 23.3 Å². The van der Waals surface area contributed by atoms with E-state index in [9.17, 15) is 19.8 Å². The Balaban J connectivity index is 2.30. The van der Waals surface area contributed by atoms with Gasteiger partial charge in [-0.05, 0) is 30.3 Å². The van der Waals surface area contributed by atoms with Crippen molar-refractivity contribution in [1.82, 2.24) is 0 Å². The van der Waals surface area contributed by atoms with Crippen LogP contribution < -0.4 is 10.9 Å². The normalized spacial score (nSPS) is 10.5. The van der Waals surface area contributed by atoms with Gasteiger partial charge in [0.2, 0.25) is 0 Å². The minimum Gasteiger partial charge on any atom is -0.508 e. The van der Waals surface area contributed by atoms with Gasteiger partial charge in [0.25, 0.3) is 0 Å². The number of hydrogen-bond acceptors (Lipinski definition) is 7. The molecule has 7 nitrogen and oxygen atoms in total. The van der Waals surface area contributed by atoms with E-state index in [2.05, 4.69) is 5.32 Å². The smallest absolute Gasteiger partial charge is 0.361 e. The van der Waals surface area contributed by atoms with Crippen LogP contribution in [0.25, 0.3) is 11.0 Å². The molecule has 0 spiro atoms. The second-order valence-corrected chi connectivity index (χ2v) is 4.95. The Labute approximate surface area is 135 Å². The van der Waals surface area contributed by atoms with Gasteiger partial charge in [-0.2, -0.15) is 0 Å². The van der Waals surface area contributed by atoms with Crippen LogP contribution in [0.15, 0.2) is 51.7 Å². The minimum absolute atomic E-state index is 0.0945. The number of ether oxygens (including phenoxy) is 1. The summed E-state index contributed by atoms with van der Waals surface area (Å²) < 4.78 is 9.92. The predicted octanol–water partition coefficient (Wildman–Crippen LogP) is 2.73. The number of carbonyl (C=O) groups is 1. The van der Waals surface area contributed by atoms with Crippen LogP contribution in [0.1, 0.15) is 10.4 Å². The predicted molar refractivity (Wildman–Crippen MR) is 86.9 cm³/mol. The summed E-state index contributed by atoms with van der Waals surface area (Å²) in [5, 5.41) is 22.4. The van der Waals surface area contributed by atoms with E-state index in [0.717, 1.165) is 0 Å². The topological polar surface area (TPSA) is 109 Å². The summed E-state index contributed by atoms with van der Waals surface area (Å²) in [5.74, 6) is -0.991. The van der Waals surface area contributed by atoms with Gasteiger partial charge in [-0.25, -0.2) is 9.59 Å². The summed E-state index contributed by atoms with van der Waals surface area (Å²) in [4.78, 5) is 24.5. The van der Waals surface area contributed by atoms with E-state index in [4.69, 9.17) is 9.15 Å². The van der Waals surface area contributed by atoms with E-state index in [0.29, 0.717) is 0 Å². The second kappa shape index (κ2) is 5.96. The fraction of sp³-hybridized carbons (Fsp3) is 0.0588. The van der Waals surface area contributed by atoms with E-state index in [-0.39, 0.29) is 39.4 Å². The van der Waals surface area contributed by atoms with Gasteiger partial charge in [-0.15, -0.1) is 0 Å². The van der Waals surface area contributed by atoms with Crippen molar-refractivity contribution in [2.45, 2.75) is 0 Å². The molecule has 2 aromatic carbocycles. The highest BCUT2D eigenvalue weighted by Crippen LogP contribution is 2.31. The number of nitrogens with one attached hydrogen (secondary N) is 1. The van der Waals surface area contributed by atoms with Crippen LogP contribution in [0.2, 0.25) is 0 Å². The fourth-order valence-corrected chi connectivity index (χ4v) is 2.33. The van der Waals surface area contributed by atoms with Gasteiger partial charge >= 0.3 is 11.6 Å². The van der Waals surface area contributed by atoms with Gasteiger partial charge < -0.3 is 24.7 Å². The van der Waals surface area contributed by atoms with Crippen LogP contribution in [0.4, 0.5) is 11.4 Å². The Bertz CT molecular complexity index is 992. The number of fused-ring (bicyclic) bond motifs is 1. The third-order valence-electron chi connectivity index (χ3n) is 3.44. The zero-order valence-corrected chi connectivity index (χ0v) is 12.6. The Morgan fingerprint density at radius 1 is 1.17 bits per heavy atom.